The molecule has 0 atom stereocenters. The van der Waals surface area contributed by atoms with E-state index in [-0.39, 0.29) is 17.9 Å². The van der Waals surface area contributed by atoms with Crippen LogP contribution in [0.25, 0.3) is 10.9 Å². The van der Waals surface area contributed by atoms with Gasteiger partial charge in [-0.25, -0.2) is 0 Å². The van der Waals surface area contributed by atoms with Crippen LogP contribution in [0.5, 0.6) is 5.75 Å². The zero-order chi connectivity index (χ0) is 19.9. The first-order valence-electron chi connectivity index (χ1n) is 8.88. The molecule has 2 aromatic heterocycles. The van der Waals surface area contributed by atoms with E-state index >= 15 is 0 Å². The van der Waals surface area contributed by atoms with Crippen molar-refractivity contribution < 1.29 is 22.7 Å². The summed E-state index contributed by atoms with van der Waals surface area (Å²) in [6.07, 6.45) is 0.0415. The molecule has 1 fully saturated rings. The number of ether oxygens (including phenoxy) is 1. The highest BCUT2D eigenvalue weighted by atomic mass is 19.4. The second-order valence-corrected chi connectivity index (χ2v) is 6.97. The number of hydrogen-bond acceptors (Lipinski definition) is 3. The summed E-state index contributed by atoms with van der Waals surface area (Å²) in [6.45, 7) is 1.45. The van der Waals surface area contributed by atoms with Crippen LogP contribution in [0.4, 0.5) is 18.9 Å². The first kappa shape index (κ1) is 18.3. The summed E-state index contributed by atoms with van der Waals surface area (Å²) in [6, 6.07) is 8.11. The zero-order valence-electron chi connectivity index (χ0n) is 15.0. The highest BCUT2D eigenvalue weighted by Gasteiger charge is 2.35. The van der Waals surface area contributed by atoms with Gasteiger partial charge in [0, 0.05) is 30.2 Å². The summed E-state index contributed by atoms with van der Waals surface area (Å²) >= 11 is 0. The number of nitrogens with one attached hydrogen (secondary N) is 2. The van der Waals surface area contributed by atoms with E-state index in [0.717, 1.165) is 35.4 Å². The molecule has 0 aliphatic heterocycles. The molecule has 0 unspecified atom stereocenters. The summed E-state index contributed by atoms with van der Waals surface area (Å²) in [5, 5.41) is 3.62. The molecule has 1 amide bonds. The highest BCUT2D eigenvalue weighted by Crippen LogP contribution is 2.40. The van der Waals surface area contributed by atoms with Crippen molar-refractivity contribution in [1.29, 1.82) is 0 Å². The van der Waals surface area contributed by atoms with Gasteiger partial charge in [0.2, 0.25) is 5.91 Å². The Kier molecular flexibility index (Phi) is 4.49. The lowest BCUT2D eigenvalue weighted by atomic mass is 9.78. The Morgan fingerprint density at radius 3 is 2.68 bits per heavy atom. The molecule has 3 aromatic rings. The topological polar surface area (TPSA) is 67.0 Å². The number of carbonyl (C=O) groups is 1. The minimum Gasteiger partial charge on any atom is -0.490 e. The second kappa shape index (κ2) is 6.85. The SMILES string of the molecule is CC(=O)Nc1c[nH]c2ccc(OC3CC(c4ccc(C(F)(F)F)nc4)C3)cc12. The molecule has 0 spiro atoms. The van der Waals surface area contributed by atoms with Gasteiger partial charge in [0.15, 0.2) is 0 Å². The van der Waals surface area contributed by atoms with Gasteiger partial charge in [-0.2, -0.15) is 13.2 Å². The van der Waals surface area contributed by atoms with E-state index in [2.05, 4.69) is 15.3 Å². The number of aromatic nitrogens is 2. The van der Waals surface area contributed by atoms with Crippen LogP contribution < -0.4 is 10.1 Å². The van der Waals surface area contributed by atoms with Gasteiger partial charge in [-0.05, 0) is 48.6 Å². The molecule has 1 aromatic carbocycles. The van der Waals surface area contributed by atoms with Gasteiger partial charge in [-0.15, -0.1) is 0 Å². The van der Waals surface area contributed by atoms with Crippen molar-refractivity contribution in [3.05, 3.63) is 54.0 Å². The maximum absolute atomic E-state index is 12.6. The van der Waals surface area contributed by atoms with Crippen LogP contribution in [0.2, 0.25) is 0 Å². The van der Waals surface area contributed by atoms with E-state index in [1.165, 1.54) is 19.2 Å². The Balaban J connectivity index is 1.40. The molecule has 2 heterocycles. The lowest BCUT2D eigenvalue weighted by Gasteiger charge is -2.35. The first-order chi connectivity index (χ1) is 13.3. The fourth-order valence-electron chi connectivity index (χ4n) is 3.41. The predicted molar refractivity (Wildman–Crippen MR) is 98.2 cm³/mol. The summed E-state index contributed by atoms with van der Waals surface area (Å²) < 4.78 is 43.8. The van der Waals surface area contributed by atoms with Crippen molar-refractivity contribution in [3.63, 3.8) is 0 Å². The number of nitrogens with zero attached hydrogens (tertiary/aromatic N) is 1. The molecule has 0 bridgehead atoms. The Morgan fingerprint density at radius 1 is 1.25 bits per heavy atom. The Labute approximate surface area is 158 Å². The third-order valence-electron chi connectivity index (χ3n) is 4.91. The van der Waals surface area contributed by atoms with Gasteiger partial charge in [0.25, 0.3) is 0 Å². The zero-order valence-corrected chi connectivity index (χ0v) is 15.0. The molecule has 0 saturated heterocycles. The number of halogens is 3. The molecule has 1 aliphatic rings. The molecule has 2 N–H and O–H groups in total. The molecule has 8 heteroatoms. The van der Waals surface area contributed by atoms with Gasteiger partial charge in [-0.1, -0.05) is 6.07 Å². The molecule has 5 nitrogen and oxygen atoms in total. The minimum atomic E-state index is -4.42. The molecule has 1 aliphatic carbocycles. The highest BCUT2D eigenvalue weighted by molar-refractivity contribution is 6.01. The molecular weight excluding hydrogens is 371 g/mol. The number of hydrogen-bond donors (Lipinski definition) is 2. The van der Waals surface area contributed by atoms with Crippen molar-refractivity contribution in [2.75, 3.05) is 5.32 Å². The Bertz CT molecular complexity index is 1010. The molecule has 146 valence electrons. The van der Waals surface area contributed by atoms with E-state index in [4.69, 9.17) is 4.74 Å². The normalized spacial score (nSPS) is 19.3. The lowest BCUT2D eigenvalue weighted by Crippen LogP contribution is -2.32. The maximum Gasteiger partial charge on any atom is 0.433 e. The van der Waals surface area contributed by atoms with Crippen molar-refractivity contribution in [1.82, 2.24) is 9.97 Å². The third-order valence-corrected chi connectivity index (χ3v) is 4.91. The predicted octanol–water partition coefficient (Wildman–Crippen LogP) is 4.87. The number of benzene rings is 1. The Hall–Kier alpha value is -3.03. The van der Waals surface area contributed by atoms with Crippen LogP contribution in [0.15, 0.2) is 42.7 Å². The summed E-state index contributed by atoms with van der Waals surface area (Å²) in [7, 11) is 0. The molecule has 0 radical (unpaired) electrons. The van der Waals surface area contributed by atoms with E-state index < -0.39 is 11.9 Å². The summed E-state index contributed by atoms with van der Waals surface area (Å²) in [4.78, 5) is 17.9. The Morgan fingerprint density at radius 2 is 2.04 bits per heavy atom. The number of fused-ring (bicyclic) bond motifs is 1. The van der Waals surface area contributed by atoms with Crippen LogP contribution in [0.1, 0.15) is 36.9 Å². The number of carbonyl (C=O) groups excluding carboxylic acids is 1. The number of H-pyrrole nitrogens is 1. The number of pyridine rings is 1. The molecule has 1 saturated carbocycles. The van der Waals surface area contributed by atoms with Crippen LogP contribution in [0.3, 0.4) is 0 Å². The van der Waals surface area contributed by atoms with Crippen molar-refractivity contribution >= 4 is 22.5 Å². The van der Waals surface area contributed by atoms with Crippen LogP contribution in [-0.2, 0) is 11.0 Å². The second-order valence-electron chi connectivity index (χ2n) is 6.97. The summed E-state index contributed by atoms with van der Waals surface area (Å²) in [5.74, 6) is 0.678. The minimum absolute atomic E-state index is 0.00657. The van der Waals surface area contributed by atoms with Gasteiger partial charge >= 0.3 is 6.18 Å². The molecular formula is C20H18F3N3O2. The van der Waals surface area contributed by atoms with Crippen molar-refractivity contribution in [3.8, 4) is 5.75 Å². The van der Waals surface area contributed by atoms with Crippen molar-refractivity contribution in [2.45, 2.75) is 38.0 Å². The molecule has 28 heavy (non-hydrogen) atoms. The largest absolute Gasteiger partial charge is 0.490 e. The van der Waals surface area contributed by atoms with Crippen LogP contribution in [-0.4, -0.2) is 22.0 Å². The smallest absolute Gasteiger partial charge is 0.433 e. The fraction of sp³-hybridized carbons (Fsp3) is 0.300. The number of aromatic amines is 1. The van der Waals surface area contributed by atoms with Gasteiger partial charge in [-0.3, -0.25) is 9.78 Å². The molecule has 4 rings (SSSR count). The number of anilines is 1. The number of alkyl halides is 3. The first-order valence-corrected chi connectivity index (χ1v) is 8.88. The third kappa shape index (κ3) is 3.67. The quantitative estimate of drug-likeness (QED) is 0.669. The van der Waals surface area contributed by atoms with Crippen molar-refractivity contribution in [2.24, 2.45) is 0 Å². The monoisotopic (exact) mass is 389 g/mol. The van der Waals surface area contributed by atoms with E-state index in [1.807, 2.05) is 18.2 Å². The average molecular weight is 389 g/mol. The fourth-order valence-corrected chi connectivity index (χ4v) is 3.41. The van der Waals surface area contributed by atoms with Crippen LogP contribution >= 0.6 is 0 Å². The van der Waals surface area contributed by atoms with Gasteiger partial charge in [0.1, 0.15) is 11.4 Å². The average Bonchev–Trinajstić information content (AvgIpc) is 2.99. The van der Waals surface area contributed by atoms with Gasteiger partial charge in [0.05, 0.1) is 11.8 Å². The maximum atomic E-state index is 12.6. The van der Waals surface area contributed by atoms with E-state index in [9.17, 15) is 18.0 Å². The number of amides is 1. The van der Waals surface area contributed by atoms with Crippen LogP contribution in [0, 0.1) is 0 Å². The summed E-state index contributed by atoms with van der Waals surface area (Å²) in [5.41, 5.74) is 1.49. The standard InChI is InChI=1S/C20H18F3N3O2/c1-11(27)26-18-10-24-17-4-3-14(8-16(17)18)28-15-6-13(7-15)12-2-5-19(25-9-12)20(21,22)23/h2-5,8-10,13,15,24H,6-7H2,1H3,(H,26,27). The van der Waals surface area contributed by atoms with E-state index in [0.29, 0.717) is 11.4 Å². The lowest BCUT2D eigenvalue weighted by molar-refractivity contribution is -0.141. The number of rotatable bonds is 4. The van der Waals surface area contributed by atoms with E-state index in [1.54, 1.807) is 6.20 Å². The van der Waals surface area contributed by atoms with Gasteiger partial charge < -0.3 is 15.0 Å².